The summed E-state index contributed by atoms with van der Waals surface area (Å²) in [6.45, 7) is 3.98. The number of hydrogen-bond donors (Lipinski definition) is 0. The van der Waals surface area contributed by atoms with E-state index in [-0.39, 0.29) is 1.43 Å². The Balaban J connectivity index is 0. The van der Waals surface area contributed by atoms with Gasteiger partial charge in [0.15, 0.2) is 0 Å². The SMILES string of the molecule is CCOC(=O)/C=C\C(=O)OCC.[H+]. The Morgan fingerprint density at radius 2 is 1.42 bits per heavy atom. The molecule has 0 rings (SSSR count). The summed E-state index contributed by atoms with van der Waals surface area (Å²) in [5, 5.41) is 0. The zero-order valence-corrected chi connectivity index (χ0v) is 7.20. The molecule has 0 saturated heterocycles. The van der Waals surface area contributed by atoms with E-state index in [2.05, 4.69) is 9.47 Å². The second kappa shape index (κ2) is 6.39. The lowest BCUT2D eigenvalue weighted by Gasteiger charge is -1.95. The van der Waals surface area contributed by atoms with Gasteiger partial charge in [0.1, 0.15) is 0 Å². The fourth-order valence-corrected chi connectivity index (χ4v) is 0.517. The number of hydrogen-bond acceptors (Lipinski definition) is 4. The number of esters is 2. The third-order valence-electron chi connectivity index (χ3n) is 0.929. The summed E-state index contributed by atoms with van der Waals surface area (Å²) in [4.78, 5) is 21.3. The number of rotatable bonds is 4. The van der Waals surface area contributed by atoms with Gasteiger partial charge in [0.25, 0.3) is 0 Å². The van der Waals surface area contributed by atoms with Crippen LogP contribution in [0, 0.1) is 0 Å². The van der Waals surface area contributed by atoms with Crippen molar-refractivity contribution >= 4 is 11.9 Å². The number of carbonyl (C=O) groups excluding carboxylic acids is 2. The van der Waals surface area contributed by atoms with Crippen LogP contribution in [0.15, 0.2) is 12.2 Å². The van der Waals surface area contributed by atoms with Gasteiger partial charge in [0.05, 0.1) is 13.2 Å². The van der Waals surface area contributed by atoms with E-state index in [0.29, 0.717) is 13.2 Å². The summed E-state index contributed by atoms with van der Waals surface area (Å²) >= 11 is 0. The van der Waals surface area contributed by atoms with E-state index < -0.39 is 11.9 Å². The molecule has 0 heterocycles. The van der Waals surface area contributed by atoms with Gasteiger partial charge in [-0.05, 0) is 13.8 Å². The molecule has 0 atom stereocenters. The van der Waals surface area contributed by atoms with Crippen molar-refractivity contribution in [2.75, 3.05) is 13.2 Å². The van der Waals surface area contributed by atoms with Crippen LogP contribution in [0.1, 0.15) is 15.3 Å². The van der Waals surface area contributed by atoms with Crippen molar-refractivity contribution in [3.8, 4) is 0 Å². The van der Waals surface area contributed by atoms with E-state index in [4.69, 9.17) is 0 Å². The van der Waals surface area contributed by atoms with Gasteiger partial charge in [-0.1, -0.05) is 0 Å². The summed E-state index contributed by atoms with van der Waals surface area (Å²) in [6.07, 6.45) is 2.09. The summed E-state index contributed by atoms with van der Waals surface area (Å²) in [5.41, 5.74) is 0. The molecule has 4 heteroatoms. The minimum atomic E-state index is -0.537. The molecular weight excluding hydrogens is 160 g/mol. The molecule has 0 fully saturated rings. The highest BCUT2D eigenvalue weighted by molar-refractivity contribution is 5.91. The van der Waals surface area contributed by atoms with Crippen LogP contribution in [-0.4, -0.2) is 25.2 Å². The Bertz CT molecular complexity index is 169. The van der Waals surface area contributed by atoms with Crippen LogP contribution in [0.25, 0.3) is 0 Å². The molecule has 0 unspecified atom stereocenters. The smallest absolute Gasteiger partial charge is 0.463 e. The molecular formula is C8H13O4+. The Kier molecular flexibility index (Phi) is 5.69. The van der Waals surface area contributed by atoms with Crippen LogP contribution in [0.5, 0.6) is 0 Å². The Morgan fingerprint density at radius 3 is 1.67 bits per heavy atom. The van der Waals surface area contributed by atoms with Gasteiger partial charge in [-0.2, -0.15) is 0 Å². The summed E-state index contributed by atoms with van der Waals surface area (Å²) in [7, 11) is 0. The standard InChI is InChI=1S/C8H12O4/c1-3-11-7(9)5-6-8(10)12-4-2/h5-6H,3-4H2,1-2H3/p+1/b6-5-. The van der Waals surface area contributed by atoms with Crippen molar-refractivity contribution in [3.63, 3.8) is 0 Å². The summed E-state index contributed by atoms with van der Waals surface area (Å²) in [5.74, 6) is -1.07. The molecule has 0 saturated carbocycles. The minimum absolute atomic E-state index is 0. The molecule has 4 nitrogen and oxygen atoms in total. The fourth-order valence-electron chi connectivity index (χ4n) is 0.517. The lowest BCUT2D eigenvalue weighted by Crippen LogP contribution is -2.03. The molecule has 0 aromatic heterocycles. The van der Waals surface area contributed by atoms with E-state index in [1.807, 2.05) is 0 Å². The van der Waals surface area contributed by atoms with Gasteiger partial charge >= 0.3 is 13.4 Å². The maximum atomic E-state index is 10.6. The lowest BCUT2D eigenvalue weighted by atomic mass is 10.5. The molecule has 0 aromatic carbocycles. The molecule has 0 aliphatic heterocycles. The Labute approximate surface area is 72.6 Å². The van der Waals surface area contributed by atoms with E-state index in [1.54, 1.807) is 13.8 Å². The van der Waals surface area contributed by atoms with Gasteiger partial charge in [-0.3, -0.25) is 0 Å². The van der Waals surface area contributed by atoms with E-state index in [9.17, 15) is 9.59 Å². The third kappa shape index (κ3) is 5.46. The summed E-state index contributed by atoms with van der Waals surface area (Å²) < 4.78 is 9.07. The first-order valence-electron chi connectivity index (χ1n) is 3.72. The highest BCUT2D eigenvalue weighted by Crippen LogP contribution is 1.84. The van der Waals surface area contributed by atoms with Gasteiger partial charge in [0.2, 0.25) is 0 Å². The highest BCUT2D eigenvalue weighted by atomic mass is 16.5. The first-order valence-corrected chi connectivity index (χ1v) is 3.72. The van der Waals surface area contributed by atoms with Crippen LogP contribution in [0.2, 0.25) is 0 Å². The maximum absolute atomic E-state index is 10.6. The van der Waals surface area contributed by atoms with Crippen LogP contribution in [0.3, 0.4) is 0 Å². The fraction of sp³-hybridized carbons (Fsp3) is 0.500. The summed E-state index contributed by atoms with van der Waals surface area (Å²) in [6, 6.07) is 0. The molecule has 68 valence electrons. The molecule has 0 aliphatic rings. The molecule has 0 spiro atoms. The average Bonchev–Trinajstić information content (AvgIpc) is 2.02. The van der Waals surface area contributed by atoms with Gasteiger partial charge < -0.3 is 9.47 Å². The van der Waals surface area contributed by atoms with Gasteiger partial charge in [-0.15, -0.1) is 0 Å². The lowest BCUT2D eigenvalue weighted by molar-refractivity contribution is -0.140. The van der Waals surface area contributed by atoms with Crippen LogP contribution in [0.4, 0.5) is 0 Å². The minimum Gasteiger partial charge on any atom is -0.463 e. The predicted molar refractivity (Wildman–Crippen MR) is 43.5 cm³/mol. The first-order chi connectivity index (χ1) is 5.70. The van der Waals surface area contributed by atoms with E-state index in [0.717, 1.165) is 12.2 Å². The number of ether oxygens (including phenoxy) is 2. The van der Waals surface area contributed by atoms with Crippen LogP contribution < -0.4 is 0 Å². The molecule has 12 heavy (non-hydrogen) atoms. The van der Waals surface area contributed by atoms with E-state index in [1.165, 1.54) is 0 Å². The van der Waals surface area contributed by atoms with E-state index >= 15 is 0 Å². The van der Waals surface area contributed by atoms with Crippen molar-refractivity contribution in [2.24, 2.45) is 0 Å². The Morgan fingerprint density at radius 1 is 1.08 bits per heavy atom. The van der Waals surface area contributed by atoms with Crippen molar-refractivity contribution in [1.82, 2.24) is 0 Å². The molecule has 0 radical (unpaired) electrons. The zero-order valence-electron chi connectivity index (χ0n) is 8.20. The predicted octanol–water partition coefficient (Wildman–Crippen LogP) is 0.781. The molecule has 0 N–H and O–H groups in total. The van der Waals surface area contributed by atoms with Crippen LogP contribution >= 0.6 is 0 Å². The normalized spacial score (nSPS) is 9.83. The van der Waals surface area contributed by atoms with Crippen molar-refractivity contribution in [3.05, 3.63) is 12.2 Å². The van der Waals surface area contributed by atoms with Crippen LogP contribution in [-0.2, 0) is 19.1 Å². The average molecular weight is 173 g/mol. The highest BCUT2D eigenvalue weighted by Gasteiger charge is 1.97. The molecule has 0 bridgehead atoms. The second-order valence-corrected chi connectivity index (χ2v) is 1.84. The van der Waals surface area contributed by atoms with Gasteiger partial charge in [-0.25, -0.2) is 9.59 Å². The van der Waals surface area contributed by atoms with Crippen molar-refractivity contribution < 1.29 is 20.5 Å². The maximum Gasteiger partial charge on any atom is 1.00 e. The molecule has 0 amide bonds. The first kappa shape index (κ1) is 10.7. The van der Waals surface area contributed by atoms with Crippen molar-refractivity contribution in [2.45, 2.75) is 13.8 Å². The third-order valence-corrected chi connectivity index (χ3v) is 0.929. The topological polar surface area (TPSA) is 52.6 Å². The van der Waals surface area contributed by atoms with Gasteiger partial charge in [0, 0.05) is 12.2 Å². The van der Waals surface area contributed by atoms with Crippen molar-refractivity contribution in [1.29, 1.82) is 0 Å². The largest absolute Gasteiger partial charge is 1.00 e. The Hall–Kier alpha value is -1.32. The molecule has 0 aliphatic carbocycles. The zero-order chi connectivity index (χ0) is 9.40. The molecule has 0 aromatic rings. The second-order valence-electron chi connectivity index (χ2n) is 1.84. The quantitative estimate of drug-likeness (QED) is 0.465. The monoisotopic (exact) mass is 173 g/mol. The number of carbonyl (C=O) groups is 2.